The van der Waals surface area contributed by atoms with Crippen LogP contribution in [0.15, 0.2) is 83.0 Å². The highest BCUT2D eigenvalue weighted by molar-refractivity contribution is 5.87. The van der Waals surface area contributed by atoms with Gasteiger partial charge < -0.3 is 14.6 Å². The molecular weight excluding hydrogens is 471 g/mol. The summed E-state index contributed by atoms with van der Waals surface area (Å²) in [5, 5.41) is 7.23. The van der Waals surface area contributed by atoms with Gasteiger partial charge in [0.2, 0.25) is 5.82 Å². The number of methoxy groups -OCH3 is 1. The summed E-state index contributed by atoms with van der Waals surface area (Å²) >= 11 is 0. The maximum absolute atomic E-state index is 14.3. The third-order valence-electron chi connectivity index (χ3n) is 6.54. The highest BCUT2D eigenvalue weighted by Crippen LogP contribution is 2.37. The number of nitrogens with one attached hydrogen (secondary N) is 1. The van der Waals surface area contributed by atoms with Crippen molar-refractivity contribution in [3.05, 3.63) is 107 Å². The fourth-order valence-electron chi connectivity index (χ4n) is 4.48. The fraction of sp³-hybridized carbons (Fsp3) is 0.207. The lowest BCUT2D eigenvalue weighted by atomic mass is 9.94. The second kappa shape index (κ2) is 10.3. The molecular formula is C29H27FN4O3. The van der Waals surface area contributed by atoms with Crippen LogP contribution in [0.1, 0.15) is 35.5 Å². The molecule has 7 nitrogen and oxygen atoms in total. The van der Waals surface area contributed by atoms with Gasteiger partial charge in [-0.15, -0.1) is 0 Å². The van der Waals surface area contributed by atoms with E-state index in [9.17, 15) is 9.18 Å². The lowest BCUT2D eigenvalue weighted by Gasteiger charge is -2.35. The first kappa shape index (κ1) is 24.2. The number of aromatic nitrogens is 2. The summed E-state index contributed by atoms with van der Waals surface area (Å²) in [6.45, 7) is 4.38. The highest BCUT2D eigenvalue weighted by Gasteiger charge is 2.35. The SMILES string of the molecule is COc1ccc(-c2noc(C3=C(C)N(CCc4ccccc4)C(=O)NC3c3ccc(C)cc3)n2)cc1F. The number of benzene rings is 3. The van der Waals surface area contributed by atoms with Crippen molar-refractivity contribution < 1.29 is 18.4 Å². The zero-order valence-electron chi connectivity index (χ0n) is 20.9. The molecule has 188 valence electrons. The molecule has 1 atom stereocenters. The molecule has 1 aliphatic heterocycles. The molecule has 0 spiro atoms. The van der Waals surface area contributed by atoms with Gasteiger partial charge in [-0.3, -0.25) is 4.90 Å². The number of nitrogens with zero attached hydrogens (tertiary/aromatic N) is 3. The Hall–Kier alpha value is -4.46. The molecule has 4 aromatic rings. The molecule has 8 heteroatoms. The number of aryl methyl sites for hydroxylation is 1. The number of hydrogen-bond acceptors (Lipinski definition) is 5. The van der Waals surface area contributed by atoms with E-state index >= 15 is 0 Å². The molecule has 0 bridgehead atoms. The summed E-state index contributed by atoms with van der Waals surface area (Å²) in [6.07, 6.45) is 0.689. The molecule has 0 radical (unpaired) electrons. The van der Waals surface area contributed by atoms with Crippen molar-refractivity contribution in [3.63, 3.8) is 0 Å². The van der Waals surface area contributed by atoms with Gasteiger partial charge in [-0.25, -0.2) is 9.18 Å². The standard InChI is InChI=1S/C29H27FN4O3/c1-18-9-11-21(12-10-18)26-25(19(2)34(29(35)31-26)16-15-20-7-5-4-6-8-20)28-32-27(33-37-28)22-13-14-24(36-3)23(30)17-22/h4-14,17,26H,15-16H2,1-3H3,(H,31,35). The average Bonchev–Trinajstić information content (AvgIpc) is 3.39. The number of halogens is 1. The maximum atomic E-state index is 14.3. The van der Waals surface area contributed by atoms with Crippen LogP contribution >= 0.6 is 0 Å². The Balaban J connectivity index is 1.54. The van der Waals surface area contributed by atoms with E-state index in [0.717, 1.165) is 22.4 Å². The van der Waals surface area contributed by atoms with Gasteiger partial charge in [0.1, 0.15) is 0 Å². The number of carbonyl (C=O) groups is 1. The molecule has 2 amide bonds. The van der Waals surface area contributed by atoms with Gasteiger partial charge in [-0.1, -0.05) is 65.3 Å². The molecule has 3 aromatic carbocycles. The number of ether oxygens (including phenoxy) is 1. The van der Waals surface area contributed by atoms with E-state index in [-0.39, 0.29) is 23.5 Å². The molecule has 37 heavy (non-hydrogen) atoms. The van der Waals surface area contributed by atoms with Crippen LogP contribution in [0.25, 0.3) is 17.0 Å². The topological polar surface area (TPSA) is 80.5 Å². The Morgan fingerprint density at radius 3 is 2.51 bits per heavy atom. The van der Waals surface area contributed by atoms with Crippen molar-refractivity contribution in [1.82, 2.24) is 20.4 Å². The van der Waals surface area contributed by atoms with Gasteiger partial charge >= 0.3 is 6.03 Å². The first-order valence-corrected chi connectivity index (χ1v) is 12.0. The zero-order chi connectivity index (χ0) is 25.9. The number of amides is 2. The fourth-order valence-corrected chi connectivity index (χ4v) is 4.48. The van der Waals surface area contributed by atoms with Crippen LogP contribution in [-0.2, 0) is 6.42 Å². The largest absolute Gasteiger partial charge is 0.494 e. The normalized spacial score (nSPS) is 15.6. The third-order valence-corrected chi connectivity index (χ3v) is 6.54. The van der Waals surface area contributed by atoms with Crippen molar-refractivity contribution in [2.24, 2.45) is 0 Å². The number of urea groups is 1. The van der Waals surface area contributed by atoms with Crippen molar-refractivity contribution in [3.8, 4) is 17.1 Å². The van der Waals surface area contributed by atoms with Crippen molar-refractivity contribution in [2.45, 2.75) is 26.3 Å². The summed E-state index contributed by atoms with van der Waals surface area (Å²) in [5.41, 5.74) is 5.02. The number of hydrogen-bond donors (Lipinski definition) is 1. The van der Waals surface area contributed by atoms with Crippen molar-refractivity contribution >= 4 is 11.6 Å². The van der Waals surface area contributed by atoms with Crippen LogP contribution in [0.4, 0.5) is 9.18 Å². The van der Waals surface area contributed by atoms with E-state index in [1.807, 2.05) is 68.4 Å². The Labute approximate surface area is 214 Å². The molecule has 1 unspecified atom stereocenters. The first-order chi connectivity index (χ1) is 17.9. The Morgan fingerprint density at radius 1 is 1.05 bits per heavy atom. The predicted molar refractivity (Wildman–Crippen MR) is 138 cm³/mol. The van der Waals surface area contributed by atoms with E-state index in [0.29, 0.717) is 24.1 Å². The van der Waals surface area contributed by atoms with E-state index < -0.39 is 11.9 Å². The lowest BCUT2D eigenvalue weighted by Crippen LogP contribution is -2.46. The second-order valence-corrected chi connectivity index (χ2v) is 8.95. The van der Waals surface area contributed by atoms with Gasteiger partial charge in [0, 0.05) is 17.8 Å². The van der Waals surface area contributed by atoms with Crippen LogP contribution in [0.2, 0.25) is 0 Å². The van der Waals surface area contributed by atoms with Crippen LogP contribution in [-0.4, -0.2) is 34.7 Å². The van der Waals surface area contributed by atoms with E-state index in [1.54, 1.807) is 11.0 Å². The Bertz CT molecular complexity index is 1450. The average molecular weight is 499 g/mol. The summed E-state index contributed by atoms with van der Waals surface area (Å²) in [5.74, 6) is 0.122. The van der Waals surface area contributed by atoms with E-state index in [2.05, 4.69) is 15.5 Å². The van der Waals surface area contributed by atoms with Crippen molar-refractivity contribution in [2.75, 3.05) is 13.7 Å². The number of allylic oxidation sites excluding steroid dienone is 1. The number of rotatable bonds is 7. The molecule has 0 fully saturated rings. The van der Waals surface area contributed by atoms with Crippen LogP contribution in [0.3, 0.4) is 0 Å². The maximum Gasteiger partial charge on any atom is 0.322 e. The minimum atomic E-state index is -0.517. The molecule has 1 N–H and O–H groups in total. The highest BCUT2D eigenvalue weighted by atomic mass is 19.1. The van der Waals surface area contributed by atoms with Gasteiger partial charge in [-0.05, 0) is 49.6 Å². The molecule has 5 rings (SSSR count). The van der Waals surface area contributed by atoms with Crippen LogP contribution < -0.4 is 10.1 Å². The van der Waals surface area contributed by atoms with Crippen LogP contribution in [0.5, 0.6) is 5.75 Å². The van der Waals surface area contributed by atoms with Crippen molar-refractivity contribution in [1.29, 1.82) is 0 Å². The number of carbonyl (C=O) groups excluding carboxylic acids is 1. The van der Waals surface area contributed by atoms with Crippen LogP contribution in [0, 0.1) is 12.7 Å². The molecule has 0 saturated carbocycles. The van der Waals surface area contributed by atoms with Gasteiger partial charge in [0.25, 0.3) is 5.89 Å². The van der Waals surface area contributed by atoms with E-state index in [1.165, 1.54) is 19.2 Å². The lowest BCUT2D eigenvalue weighted by molar-refractivity contribution is 0.205. The molecule has 2 heterocycles. The zero-order valence-corrected chi connectivity index (χ0v) is 20.9. The Morgan fingerprint density at radius 2 is 1.81 bits per heavy atom. The minimum Gasteiger partial charge on any atom is -0.494 e. The quantitative estimate of drug-likeness (QED) is 0.341. The summed E-state index contributed by atoms with van der Waals surface area (Å²) in [7, 11) is 1.41. The minimum absolute atomic E-state index is 0.134. The summed E-state index contributed by atoms with van der Waals surface area (Å²) in [4.78, 5) is 19.5. The first-order valence-electron chi connectivity index (χ1n) is 12.0. The Kier molecular flexibility index (Phi) is 6.72. The molecule has 0 aliphatic carbocycles. The third kappa shape index (κ3) is 4.95. The second-order valence-electron chi connectivity index (χ2n) is 8.95. The summed E-state index contributed by atoms with van der Waals surface area (Å²) < 4.78 is 25.0. The molecule has 0 saturated heterocycles. The van der Waals surface area contributed by atoms with Gasteiger partial charge in [0.05, 0.1) is 18.7 Å². The molecule has 1 aliphatic rings. The monoisotopic (exact) mass is 498 g/mol. The van der Waals surface area contributed by atoms with Gasteiger partial charge in [0.15, 0.2) is 11.6 Å². The van der Waals surface area contributed by atoms with E-state index in [4.69, 9.17) is 9.26 Å². The van der Waals surface area contributed by atoms with Gasteiger partial charge in [-0.2, -0.15) is 4.98 Å². The summed E-state index contributed by atoms with van der Waals surface area (Å²) in [6, 6.07) is 21.8. The smallest absolute Gasteiger partial charge is 0.322 e. The molecule has 1 aromatic heterocycles. The predicted octanol–water partition coefficient (Wildman–Crippen LogP) is 5.93.